The lowest BCUT2D eigenvalue weighted by Gasteiger charge is -2.07. The second-order valence-electron chi connectivity index (χ2n) is 4.86. The first-order chi connectivity index (χ1) is 11.2. The van der Waals surface area contributed by atoms with Crippen molar-refractivity contribution in [2.24, 2.45) is 0 Å². The predicted molar refractivity (Wildman–Crippen MR) is 84.1 cm³/mol. The third-order valence-electron chi connectivity index (χ3n) is 2.66. The highest BCUT2D eigenvalue weighted by Crippen LogP contribution is 1.95. The monoisotopic (exact) mass is 332 g/mol. The first-order valence-electron chi connectivity index (χ1n) is 7.83. The molecule has 0 unspecified atom stereocenters. The Morgan fingerprint density at radius 3 is 2.35 bits per heavy atom. The molecule has 0 rings (SSSR count). The van der Waals surface area contributed by atoms with Crippen LogP contribution in [-0.4, -0.2) is 70.8 Å². The zero-order valence-electron chi connectivity index (χ0n) is 13.8. The van der Waals surface area contributed by atoms with Crippen molar-refractivity contribution in [3.05, 3.63) is 0 Å². The average molecular weight is 332 g/mol. The quantitative estimate of drug-likeness (QED) is 0.279. The summed E-state index contributed by atoms with van der Waals surface area (Å²) < 4.78 is 15.6. The fourth-order valence-electron chi connectivity index (χ4n) is 1.57. The van der Waals surface area contributed by atoms with E-state index in [4.69, 9.17) is 14.2 Å². The van der Waals surface area contributed by atoms with E-state index in [1.807, 2.05) is 0 Å². The van der Waals surface area contributed by atoms with E-state index in [0.717, 1.165) is 12.8 Å². The van der Waals surface area contributed by atoms with Gasteiger partial charge in [0.25, 0.3) is 0 Å². The SMILES string of the molecule is CC(=O)COCCOCCNC(=O)CCCCOCCNC=O. The topological polar surface area (TPSA) is 103 Å². The lowest BCUT2D eigenvalue weighted by Crippen LogP contribution is -2.27. The Hall–Kier alpha value is -1.51. The third kappa shape index (κ3) is 18.4. The van der Waals surface area contributed by atoms with Gasteiger partial charge in [-0.3, -0.25) is 14.4 Å². The molecule has 0 atom stereocenters. The van der Waals surface area contributed by atoms with Crippen LogP contribution in [0.25, 0.3) is 0 Å². The van der Waals surface area contributed by atoms with Crippen molar-refractivity contribution < 1.29 is 28.6 Å². The number of carbonyl (C=O) groups is 3. The molecule has 0 aromatic rings. The number of amides is 2. The van der Waals surface area contributed by atoms with E-state index in [-0.39, 0.29) is 18.3 Å². The molecule has 134 valence electrons. The largest absolute Gasteiger partial charge is 0.380 e. The summed E-state index contributed by atoms with van der Waals surface area (Å²) in [7, 11) is 0. The molecule has 0 radical (unpaired) electrons. The molecule has 0 aliphatic rings. The van der Waals surface area contributed by atoms with Crippen LogP contribution in [0.2, 0.25) is 0 Å². The summed E-state index contributed by atoms with van der Waals surface area (Å²) in [5.41, 5.74) is 0. The molecule has 0 bridgehead atoms. The Balaban J connectivity index is 3.19. The molecule has 0 saturated heterocycles. The smallest absolute Gasteiger partial charge is 0.220 e. The minimum absolute atomic E-state index is 0.0101. The van der Waals surface area contributed by atoms with E-state index in [9.17, 15) is 14.4 Å². The van der Waals surface area contributed by atoms with Gasteiger partial charge in [-0.15, -0.1) is 0 Å². The van der Waals surface area contributed by atoms with Gasteiger partial charge >= 0.3 is 0 Å². The zero-order valence-corrected chi connectivity index (χ0v) is 13.8. The molecule has 0 aromatic heterocycles. The van der Waals surface area contributed by atoms with Gasteiger partial charge in [0.05, 0.1) is 26.4 Å². The number of ether oxygens (including phenoxy) is 3. The second-order valence-corrected chi connectivity index (χ2v) is 4.86. The third-order valence-corrected chi connectivity index (χ3v) is 2.66. The molecule has 0 aliphatic carbocycles. The molecule has 2 N–H and O–H groups in total. The van der Waals surface area contributed by atoms with Gasteiger partial charge in [-0.25, -0.2) is 0 Å². The van der Waals surface area contributed by atoms with Gasteiger partial charge in [0.2, 0.25) is 12.3 Å². The fourth-order valence-corrected chi connectivity index (χ4v) is 1.57. The molecule has 0 saturated carbocycles. The average Bonchev–Trinajstić information content (AvgIpc) is 2.52. The predicted octanol–water partition coefficient (Wildman–Crippen LogP) is -0.342. The first kappa shape index (κ1) is 21.5. The van der Waals surface area contributed by atoms with E-state index in [0.29, 0.717) is 59.0 Å². The minimum Gasteiger partial charge on any atom is -0.380 e. The summed E-state index contributed by atoms with van der Waals surface area (Å²) in [6, 6.07) is 0. The van der Waals surface area contributed by atoms with Crippen LogP contribution in [0.15, 0.2) is 0 Å². The molecule has 2 amide bonds. The molecule has 23 heavy (non-hydrogen) atoms. The number of unbranched alkanes of at least 4 members (excludes halogenated alkanes) is 1. The Morgan fingerprint density at radius 1 is 0.913 bits per heavy atom. The molecule has 0 aliphatic heterocycles. The molecule has 0 heterocycles. The Kier molecular flexibility index (Phi) is 15.7. The highest BCUT2D eigenvalue weighted by atomic mass is 16.5. The highest BCUT2D eigenvalue weighted by Gasteiger charge is 2.00. The summed E-state index contributed by atoms with van der Waals surface area (Å²) in [6.45, 7) is 4.79. The second kappa shape index (κ2) is 16.9. The van der Waals surface area contributed by atoms with Gasteiger partial charge < -0.3 is 24.8 Å². The summed E-state index contributed by atoms with van der Waals surface area (Å²) in [4.78, 5) is 32.1. The minimum atomic E-state index is -0.0136. The number of ketones is 1. The van der Waals surface area contributed by atoms with Crippen LogP contribution >= 0.6 is 0 Å². The van der Waals surface area contributed by atoms with E-state index < -0.39 is 0 Å². The van der Waals surface area contributed by atoms with Crippen LogP contribution in [0.4, 0.5) is 0 Å². The van der Waals surface area contributed by atoms with Gasteiger partial charge in [-0.05, 0) is 19.8 Å². The molecular weight excluding hydrogens is 304 g/mol. The molecule has 0 spiro atoms. The lowest BCUT2D eigenvalue weighted by atomic mass is 10.2. The van der Waals surface area contributed by atoms with E-state index in [2.05, 4.69) is 10.6 Å². The Morgan fingerprint density at radius 2 is 1.61 bits per heavy atom. The molecule has 8 heteroatoms. The van der Waals surface area contributed by atoms with Crippen molar-refractivity contribution in [3.8, 4) is 0 Å². The number of hydrogen-bond acceptors (Lipinski definition) is 6. The molecule has 0 aromatic carbocycles. The van der Waals surface area contributed by atoms with Gasteiger partial charge in [0.15, 0.2) is 5.78 Å². The van der Waals surface area contributed by atoms with Crippen LogP contribution in [0.3, 0.4) is 0 Å². The summed E-state index contributed by atoms with van der Waals surface area (Å²) in [5, 5.41) is 5.26. The summed E-state index contributed by atoms with van der Waals surface area (Å²) in [6.07, 6.45) is 2.65. The molecule has 0 fully saturated rings. The van der Waals surface area contributed by atoms with Gasteiger partial charge in [-0.2, -0.15) is 0 Å². The lowest BCUT2D eigenvalue weighted by molar-refractivity contribution is -0.123. The van der Waals surface area contributed by atoms with Crippen molar-refractivity contribution in [3.63, 3.8) is 0 Å². The maximum absolute atomic E-state index is 11.5. The van der Waals surface area contributed by atoms with Crippen LogP contribution in [0.1, 0.15) is 26.2 Å². The number of hydrogen-bond donors (Lipinski definition) is 2. The number of rotatable bonds is 17. The Labute approximate surface area is 137 Å². The first-order valence-corrected chi connectivity index (χ1v) is 7.83. The standard InChI is InChI=1S/C15H28N2O6/c1-14(19)12-23-11-10-22-9-6-17-15(20)4-2-3-7-21-8-5-16-13-18/h13H,2-12H2,1H3,(H,16,18)(H,17,20). The van der Waals surface area contributed by atoms with Crippen LogP contribution < -0.4 is 10.6 Å². The van der Waals surface area contributed by atoms with Crippen molar-refractivity contribution in [1.29, 1.82) is 0 Å². The van der Waals surface area contributed by atoms with Crippen molar-refractivity contribution in [1.82, 2.24) is 10.6 Å². The fraction of sp³-hybridized carbons (Fsp3) is 0.800. The zero-order chi connectivity index (χ0) is 17.2. The van der Waals surface area contributed by atoms with Gasteiger partial charge in [0.1, 0.15) is 6.61 Å². The van der Waals surface area contributed by atoms with E-state index in [1.165, 1.54) is 6.92 Å². The Bertz CT molecular complexity index is 325. The van der Waals surface area contributed by atoms with Crippen molar-refractivity contribution in [2.75, 3.05) is 52.7 Å². The number of nitrogens with one attached hydrogen (secondary N) is 2. The van der Waals surface area contributed by atoms with E-state index in [1.54, 1.807) is 0 Å². The maximum Gasteiger partial charge on any atom is 0.220 e. The highest BCUT2D eigenvalue weighted by molar-refractivity contribution is 5.76. The number of Topliss-reactive ketones (excluding diaryl/α,β-unsaturated/α-hetero) is 1. The van der Waals surface area contributed by atoms with Gasteiger partial charge in [-0.1, -0.05) is 0 Å². The van der Waals surface area contributed by atoms with Crippen molar-refractivity contribution >= 4 is 18.1 Å². The summed E-state index contributed by atoms with van der Waals surface area (Å²) in [5.74, 6) is -0.0238. The molecular formula is C15H28N2O6. The number of carbonyl (C=O) groups excluding carboxylic acids is 3. The maximum atomic E-state index is 11.5. The normalized spacial score (nSPS) is 10.3. The van der Waals surface area contributed by atoms with Crippen LogP contribution in [0, 0.1) is 0 Å². The van der Waals surface area contributed by atoms with E-state index >= 15 is 0 Å². The molecule has 8 nitrogen and oxygen atoms in total. The van der Waals surface area contributed by atoms with Crippen molar-refractivity contribution in [2.45, 2.75) is 26.2 Å². The van der Waals surface area contributed by atoms with Crippen LogP contribution in [-0.2, 0) is 28.6 Å². The van der Waals surface area contributed by atoms with Crippen LogP contribution in [0.5, 0.6) is 0 Å². The summed E-state index contributed by atoms with van der Waals surface area (Å²) >= 11 is 0. The van der Waals surface area contributed by atoms with Gasteiger partial charge in [0, 0.05) is 26.1 Å².